The van der Waals surface area contributed by atoms with Crippen molar-refractivity contribution in [1.29, 1.82) is 0 Å². The molecule has 0 N–H and O–H groups in total. The summed E-state index contributed by atoms with van der Waals surface area (Å²) in [7, 11) is 0. The quantitative estimate of drug-likeness (QED) is 0.394. The van der Waals surface area contributed by atoms with Crippen molar-refractivity contribution < 1.29 is 0 Å². The minimum absolute atomic E-state index is 0.337. The summed E-state index contributed by atoms with van der Waals surface area (Å²) < 4.78 is 0. The molecule has 0 heteroatoms. The second-order valence-corrected chi connectivity index (χ2v) is 14.2. The standard InChI is InChI=1S/C31H52/c1-21(2)11-10-12-22(3)24-14-15-25-23-13-16-27-29(6,7)28(4,5)19-20-31(27,9)26(23)17-18-30(24,25)8/h11,16,22-26H,10,12-15,17-20H2,1-9H3. The lowest BCUT2D eigenvalue weighted by molar-refractivity contribution is -0.0761. The van der Waals surface area contributed by atoms with Crippen molar-refractivity contribution in [3.63, 3.8) is 0 Å². The zero-order valence-corrected chi connectivity index (χ0v) is 22.4. The molecule has 4 aliphatic rings. The van der Waals surface area contributed by atoms with Crippen LogP contribution < -0.4 is 0 Å². The molecule has 4 rings (SSSR count). The SMILES string of the molecule is CC(C)=CCCC(C)C1CCC2C3CC=C4C(C)(CCC(C)(C)C4(C)C)C3CCC12C. The zero-order valence-electron chi connectivity index (χ0n) is 22.4. The highest BCUT2D eigenvalue weighted by molar-refractivity contribution is 5.32. The molecule has 3 fully saturated rings. The van der Waals surface area contributed by atoms with Gasteiger partial charge in [-0.2, -0.15) is 0 Å². The minimum Gasteiger partial charge on any atom is -0.0859 e. The summed E-state index contributed by atoms with van der Waals surface area (Å²) in [4.78, 5) is 0. The molecule has 4 aliphatic carbocycles. The van der Waals surface area contributed by atoms with E-state index in [1.54, 1.807) is 0 Å². The normalized spacial score (nSPS) is 43.8. The highest BCUT2D eigenvalue weighted by atomic mass is 14.7. The Kier molecular flexibility index (Phi) is 5.92. The third-order valence-electron chi connectivity index (χ3n) is 12.0. The van der Waals surface area contributed by atoms with E-state index < -0.39 is 0 Å². The van der Waals surface area contributed by atoms with E-state index in [0.29, 0.717) is 21.7 Å². The first-order valence-electron chi connectivity index (χ1n) is 13.7. The number of allylic oxidation sites excluding steroid dienone is 4. The fraction of sp³-hybridized carbons (Fsp3) is 0.871. The minimum atomic E-state index is 0.337. The van der Waals surface area contributed by atoms with Crippen molar-refractivity contribution in [2.24, 2.45) is 51.2 Å². The second-order valence-electron chi connectivity index (χ2n) is 14.2. The Morgan fingerprint density at radius 2 is 1.68 bits per heavy atom. The van der Waals surface area contributed by atoms with Gasteiger partial charge in [-0.15, -0.1) is 0 Å². The topological polar surface area (TPSA) is 0 Å². The molecule has 3 saturated carbocycles. The van der Waals surface area contributed by atoms with Crippen molar-refractivity contribution in [3.05, 3.63) is 23.3 Å². The smallest absolute Gasteiger partial charge is 0.00795 e. The molecular weight excluding hydrogens is 372 g/mol. The monoisotopic (exact) mass is 424 g/mol. The molecule has 0 aromatic heterocycles. The van der Waals surface area contributed by atoms with Gasteiger partial charge in [-0.05, 0) is 123 Å². The van der Waals surface area contributed by atoms with Crippen LogP contribution in [0.15, 0.2) is 23.3 Å². The predicted molar refractivity (Wildman–Crippen MR) is 136 cm³/mol. The summed E-state index contributed by atoms with van der Waals surface area (Å²) >= 11 is 0. The highest BCUT2D eigenvalue weighted by Crippen LogP contribution is 2.71. The molecule has 7 unspecified atom stereocenters. The molecule has 31 heavy (non-hydrogen) atoms. The van der Waals surface area contributed by atoms with E-state index in [2.05, 4.69) is 74.5 Å². The predicted octanol–water partition coefficient (Wildman–Crippen LogP) is 9.61. The van der Waals surface area contributed by atoms with Crippen LogP contribution in [-0.2, 0) is 0 Å². The number of rotatable bonds is 4. The Morgan fingerprint density at radius 3 is 2.35 bits per heavy atom. The van der Waals surface area contributed by atoms with E-state index in [4.69, 9.17) is 0 Å². The maximum absolute atomic E-state index is 2.78. The molecule has 0 aliphatic heterocycles. The van der Waals surface area contributed by atoms with Gasteiger partial charge in [0.05, 0.1) is 0 Å². The molecule has 0 radical (unpaired) electrons. The Balaban J connectivity index is 1.57. The third kappa shape index (κ3) is 3.52. The lowest BCUT2D eigenvalue weighted by Gasteiger charge is -2.63. The number of hydrogen-bond acceptors (Lipinski definition) is 0. The zero-order chi connectivity index (χ0) is 22.8. The molecule has 0 aromatic carbocycles. The van der Waals surface area contributed by atoms with Gasteiger partial charge in [-0.25, -0.2) is 0 Å². The van der Waals surface area contributed by atoms with E-state index in [1.807, 2.05) is 5.57 Å². The average Bonchev–Trinajstić information content (AvgIpc) is 3.02. The molecule has 0 heterocycles. The van der Waals surface area contributed by atoms with Gasteiger partial charge >= 0.3 is 0 Å². The van der Waals surface area contributed by atoms with Gasteiger partial charge in [0.1, 0.15) is 0 Å². The Labute approximate surface area is 194 Å². The van der Waals surface area contributed by atoms with E-state index >= 15 is 0 Å². The van der Waals surface area contributed by atoms with Crippen LogP contribution in [0.25, 0.3) is 0 Å². The molecule has 176 valence electrons. The van der Waals surface area contributed by atoms with Crippen LogP contribution in [0.2, 0.25) is 0 Å². The Morgan fingerprint density at radius 1 is 0.968 bits per heavy atom. The molecule has 0 aromatic rings. The van der Waals surface area contributed by atoms with E-state index in [-0.39, 0.29) is 0 Å². The largest absolute Gasteiger partial charge is 0.0859 e. The van der Waals surface area contributed by atoms with E-state index in [1.165, 1.54) is 63.4 Å². The summed E-state index contributed by atoms with van der Waals surface area (Å²) in [5.74, 6) is 4.67. The second kappa shape index (κ2) is 7.77. The van der Waals surface area contributed by atoms with Gasteiger partial charge in [0.2, 0.25) is 0 Å². The molecular formula is C31H52. The lowest BCUT2D eigenvalue weighted by atomic mass is 9.41. The van der Waals surface area contributed by atoms with Gasteiger partial charge in [0.15, 0.2) is 0 Å². The van der Waals surface area contributed by atoms with Gasteiger partial charge in [0, 0.05) is 0 Å². The Bertz CT molecular complexity index is 744. The van der Waals surface area contributed by atoms with Crippen molar-refractivity contribution in [2.45, 2.75) is 120 Å². The van der Waals surface area contributed by atoms with Crippen LogP contribution in [0.5, 0.6) is 0 Å². The molecule has 7 atom stereocenters. The van der Waals surface area contributed by atoms with Crippen molar-refractivity contribution in [3.8, 4) is 0 Å². The molecule has 0 saturated heterocycles. The number of fused-ring (bicyclic) bond motifs is 5. The van der Waals surface area contributed by atoms with Gasteiger partial charge < -0.3 is 0 Å². The number of hydrogen-bond donors (Lipinski definition) is 0. The van der Waals surface area contributed by atoms with Crippen molar-refractivity contribution in [1.82, 2.24) is 0 Å². The third-order valence-corrected chi connectivity index (χ3v) is 12.0. The van der Waals surface area contributed by atoms with E-state index in [9.17, 15) is 0 Å². The summed E-state index contributed by atoms with van der Waals surface area (Å²) in [5.41, 5.74) is 5.13. The maximum atomic E-state index is 2.78. The van der Waals surface area contributed by atoms with Crippen LogP contribution in [0.1, 0.15) is 120 Å². The molecule has 0 amide bonds. The fourth-order valence-electron chi connectivity index (χ4n) is 9.44. The van der Waals surface area contributed by atoms with Crippen molar-refractivity contribution >= 4 is 0 Å². The van der Waals surface area contributed by atoms with E-state index in [0.717, 1.165) is 29.6 Å². The highest BCUT2D eigenvalue weighted by Gasteiger charge is 2.62. The van der Waals surface area contributed by atoms with Crippen LogP contribution in [0.4, 0.5) is 0 Å². The average molecular weight is 425 g/mol. The van der Waals surface area contributed by atoms with Crippen LogP contribution >= 0.6 is 0 Å². The van der Waals surface area contributed by atoms with Crippen LogP contribution in [0.3, 0.4) is 0 Å². The van der Waals surface area contributed by atoms with Gasteiger partial charge in [-0.1, -0.05) is 71.8 Å². The Hall–Kier alpha value is -0.520. The molecule has 0 nitrogen and oxygen atoms in total. The first-order valence-corrected chi connectivity index (χ1v) is 13.7. The fourth-order valence-corrected chi connectivity index (χ4v) is 9.44. The van der Waals surface area contributed by atoms with Gasteiger partial charge in [-0.3, -0.25) is 0 Å². The lowest BCUT2D eigenvalue weighted by Crippen LogP contribution is -2.55. The summed E-state index contributed by atoms with van der Waals surface area (Å²) in [5, 5.41) is 0. The maximum Gasteiger partial charge on any atom is -0.00795 e. The first kappa shape index (κ1) is 23.6. The van der Waals surface area contributed by atoms with Gasteiger partial charge in [0.25, 0.3) is 0 Å². The molecule has 0 bridgehead atoms. The molecule has 0 spiro atoms. The van der Waals surface area contributed by atoms with Crippen LogP contribution in [-0.4, -0.2) is 0 Å². The first-order chi connectivity index (χ1) is 14.3. The van der Waals surface area contributed by atoms with Crippen LogP contribution in [0, 0.1) is 51.2 Å². The van der Waals surface area contributed by atoms with Crippen molar-refractivity contribution in [2.75, 3.05) is 0 Å². The summed E-state index contributed by atoms with van der Waals surface area (Å²) in [6, 6.07) is 0. The summed E-state index contributed by atoms with van der Waals surface area (Å²) in [6.07, 6.45) is 18.1. The summed E-state index contributed by atoms with van der Waals surface area (Å²) in [6.45, 7) is 22.6.